The molecule has 4 aromatic carbocycles. The Morgan fingerprint density at radius 2 is 0.409 bits per heavy atom. The molecule has 0 N–H and O–H groups in total. The molecule has 4 aromatic rings. The van der Waals surface area contributed by atoms with Crippen LogP contribution < -0.4 is 20.7 Å². The van der Waals surface area contributed by atoms with E-state index in [9.17, 15) is 0 Å². The summed E-state index contributed by atoms with van der Waals surface area (Å²) in [4.78, 5) is 0. The fourth-order valence-electron chi connectivity index (χ4n) is 18.3. The molecule has 93 heavy (non-hydrogen) atoms. The van der Waals surface area contributed by atoms with Crippen molar-refractivity contribution < 1.29 is 21.7 Å². The van der Waals surface area contributed by atoms with Crippen LogP contribution in [0.2, 0.25) is 26.2 Å². The van der Waals surface area contributed by atoms with Crippen LogP contribution in [0.25, 0.3) is 21.3 Å². The first kappa shape index (κ1) is 75.0. The Morgan fingerprint density at radius 1 is 0.258 bits per heavy atom. The Morgan fingerprint density at radius 3 is 0.538 bits per heavy atom. The maximum absolute atomic E-state index is 5.62. The van der Waals surface area contributed by atoms with Gasteiger partial charge in [-0.05, 0) is 83.1 Å². The van der Waals surface area contributed by atoms with Gasteiger partial charge in [-0.25, -0.2) is 0 Å². The fraction of sp³-hybridized carbons (Fsp3) is 0.524. The molecule has 0 heterocycles. The third-order valence-electron chi connectivity index (χ3n) is 25.8. The molecule has 12 rings (SSSR count). The molecule has 8 atom stereocenters. The van der Waals surface area contributed by atoms with Crippen LogP contribution >= 0.6 is 0 Å². The predicted molar refractivity (Wildman–Crippen MR) is 417 cm³/mol. The molecule has 4 nitrogen and oxygen atoms in total. The minimum absolute atomic E-state index is 0. The fourth-order valence-corrected chi connectivity index (χ4v) is 30.9. The third-order valence-corrected chi connectivity index (χ3v) is 40.6. The van der Waals surface area contributed by atoms with Crippen LogP contribution in [0.5, 0.6) is 0 Å². The minimum atomic E-state index is -1.14. The minimum Gasteiger partial charge on any atom is -0.647 e. The molecule has 8 aliphatic carbocycles. The third kappa shape index (κ3) is 15.7. The zero-order chi connectivity index (χ0) is 66.7. The van der Waals surface area contributed by atoms with Gasteiger partial charge in [0, 0.05) is 0 Å². The molecule has 0 spiro atoms. The van der Waals surface area contributed by atoms with Gasteiger partial charge in [-0.15, -0.1) is 20.6 Å². The first-order chi connectivity index (χ1) is 43.5. The molecular formula is C84H120N4Si4Ti. The number of hydrogen-bond donors (Lipinski definition) is 0. The van der Waals surface area contributed by atoms with Gasteiger partial charge in [0.2, 0.25) is 0 Å². The summed E-state index contributed by atoms with van der Waals surface area (Å²) in [5.41, 5.74) is 16.9. The van der Waals surface area contributed by atoms with Crippen molar-refractivity contribution in [3.05, 3.63) is 234 Å². The Bertz CT molecular complexity index is 3020. The molecule has 0 radical (unpaired) electrons. The summed E-state index contributed by atoms with van der Waals surface area (Å²) >= 11 is 0. The Kier molecular flexibility index (Phi) is 24.6. The van der Waals surface area contributed by atoms with Gasteiger partial charge in [0.1, 0.15) is 0 Å². The van der Waals surface area contributed by atoms with Gasteiger partial charge < -0.3 is 21.3 Å². The molecule has 9 heteroatoms. The van der Waals surface area contributed by atoms with Gasteiger partial charge in [0.15, 0.2) is 0 Å². The van der Waals surface area contributed by atoms with Gasteiger partial charge in [-0.3, -0.25) is 0 Å². The molecule has 496 valence electrons. The summed E-state index contributed by atoms with van der Waals surface area (Å²) in [6.07, 6.45) is 30.6. The van der Waals surface area contributed by atoms with Crippen molar-refractivity contribution in [2.45, 2.75) is 283 Å². The van der Waals surface area contributed by atoms with Crippen LogP contribution in [-0.2, 0) is 21.7 Å². The molecule has 8 aliphatic rings. The normalized spacial score (nSPS) is 27.8. The zero-order valence-electron chi connectivity index (χ0n) is 61.8. The molecular weight excluding hydrogens is 1230 g/mol. The zero-order valence-corrected chi connectivity index (χ0v) is 67.9. The molecule has 0 amide bonds. The molecule has 0 aliphatic heterocycles. The number of rotatable bonds is 16. The summed E-state index contributed by atoms with van der Waals surface area (Å²) in [6, 6.07) is 44.7. The standard InChI is InChI=1S/4C21H30NSi.Ti/c4*1-16-15-20(4,18(3)17(16)2)22-21(13-9-10-14-21)23(5)19-11-7-6-8-12-19;/h4*6-8,11-12,15,23H,9-10,13-14H2,1-5H3;/q4*-1;+4. The van der Waals surface area contributed by atoms with Gasteiger partial charge in [-0.2, -0.15) is 0 Å². The van der Waals surface area contributed by atoms with Crippen molar-refractivity contribution in [1.82, 2.24) is 0 Å². The average molecular weight is 1350 g/mol. The largest absolute Gasteiger partial charge is 4.00 e. The number of allylic oxidation sites excluding steroid dienone is 8. The maximum atomic E-state index is 5.62. The summed E-state index contributed by atoms with van der Waals surface area (Å²) < 4.78 is 0. The van der Waals surface area contributed by atoms with E-state index in [1.54, 1.807) is 20.7 Å². The van der Waals surface area contributed by atoms with Crippen molar-refractivity contribution in [2.75, 3.05) is 0 Å². The van der Waals surface area contributed by atoms with Gasteiger partial charge >= 0.3 is 21.7 Å². The summed E-state index contributed by atoms with van der Waals surface area (Å²) in [5, 5.41) is 29.7. The molecule has 4 saturated carbocycles. The van der Waals surface area contributed by atoms with Crippen LogP contribution in [0.1, 0.15) is 214 Å². The van der Waals surface area contributed by atoms with E-state index in [1.807, 2.05) is 0 Å². The van der Waals surface area contributed by atoms with Gasteiger partial charge in [0.25, 0.3) is 0 Å². The Labute approximate surface area is 589 Å². The van der Waals surface area contributed by atoms with Crippen molar-refractivity contribution in [1.29, 1.82) is 0 Å². The van der Waals surface area contributed by atoms with Crippen molar-refractivity contribution in [3.63, 3.8) is 0 Å². The van der Waals surface area contributed by atoms with Crippen molar-refractivity contribution >= 4 is 55.9 Å². The van der Waals surface area contributed by atoms with E-state index in [1.165, 1.54) is 170 Å². The van der Waals surface area contributed by atoms with Crippen LogP contribution in [0.15, 0.2) is 213 Å². The molecule has 8 unspecified atom stereocenters. The monoisotopic (exact) mass is 1340 g/mol. The van der Waals surface area contributed by atoms with E-state index in [2.05, 4.69) is 283 Å². The topological polar surface area (TPSA) is 56.4 Å². The van der Waals surface area contributed by atoms with E-state index >= 15 is 0 Å². The van der Waals surface area contributed by atoms with E-state index in [-0.39, 0.29) is 64.5 Å². The number of benzene rings is 4. The Balaban J connectivity index is 0.000000159. The van der Waals surface area contributed by atoms with Crippen LogP contribution in [-0.4, -0.2) is 78.0 Å². The van der Waals surface area contributed by atoms with Crippen LogP contribution in [0.4, 0.5) is 0 Å². The summed E-state index contributed by atoms with van der Waals surface area (Å²) in [6.45, 7) is 46.5. The SMILES string of the molecule is CC1=CC(C)([N-]C2([SiH](C)c3ccccc3)CCCC2)C(C)=C1C.CC1=CC(C)([N-]C2([SiH](C)c3ccccc3)CCCC2)C(C)=C1C.CC1=CC(C)([N-]C2([SiH](C)c3ccccc3)CCCC2)C(C)=C1C.CC1=CC(C)([N-]C2([SiH](C)c3ccccc3)CCCC2)C(C)=C1C.[Ti+4]. The quantitative estimate of drug-likeness (QED) is 0.100. The maximum Gasteiger partial charge on any atom is 4.00 e. The van der Waals surface area contributed by atoms with Crippen molar-refractivity contribution in [2.24, 2.45) is 0 Å². The molecule has 0 saturated heterocycles. The average Bonchev–Trinajstić information content (AvgIpc) is 1.67. The van der Waals surface area contributed by atoms with E-state index in [4.69, 9.17) is 21.3 Å². The first-order valence-electron chi connectivity index (χ1n) is 36.2. The second kappa shape index (κ2) is 30.5. The van der Waals surface area contributed by atoms with Gasteiger partial charge in [-0.1, -0.05) is 412 Å². The first-order valence-corrected chi connectivity index (χ1v) is 45.4. The second-order valence-electron chi connectivity index (χ2n) is 31.1. The van der Waals surface area contributed by atoms with E-state index in [0.717, 1.165) is 0 Å². The van der Waals surface area contributed by atoms with Crippen LogP contribution in [0, 0.1) is 0 Å². The smallest absolute Gasteiger partial charge is 0.647 e. The van der Waals surface area contributed by atoms with E-state index in [0.29, 0.717) is 0 Å². The van der Waals surface area contributed by atoms with E-state index < -0.39 is 35.2 Å². The molecule has 0 bridgehead atoms. The predicted octanol–water partition coefficient (Wildman–Crippen LogP) is 20.1. The number of nitrogens with zero attached hydrogens (tertiary/aromatic N) is 4. The second-order valence-corrected chi connectivity index (χ2v) is 43.9. The number of hydrogen-bond acceptors (Lipinski definition) is 0. The molecule has 4 fully saturated rings. The van der Waals surface area contributed by atoms with Gasteiger partial charge in [0.05, 0.1) is 35.2 Å². The summed E-state index contributed by atoms with van der Waals surface area (Å²) in [7, 11) is -4.54. The Hall–Kier alpha value is -3.78. The van der Waals surface area contributed by atoms with Crippen LogP contribution in [0.3, 0.4) is 0 Å². The summed E-state index contributed by atoms with van der Waals surface area (Å²) in [5.74, 6) is 0. The van der Waals surface area contributed by atoms with Crippen molar-refractivity contribution in [3.8, 4) is 0 Å². The molecule has 0 aromatic heterocycles.